The number of rotatable bonds is 12. The number of anilines is 2. The van der Waals surface area contributed by atoms with E-state index < -0.39 is 16.1 Å². The topological polar surface area (TPSA) is 52.0 Å². The van der Waals surface area contributed by atoms with Crippen LogP contribution in [0.2, 0.25) is 36.3 Å². The van der Waals surface area contributed by atoms with Crippen LogP contribution in [0.3, 0.4) is 0 Å². The molecule has 214 valence electrons. The van der Waals surface area contributed by atoms with Crippen LogP contribution in [0, 0.1) is 58.4 Å². The molecule has 0 atom stereocenters. The molecule has 0 aliphatic carbocycles. The second kappa shape index (κ2) is 15.2. The number of hydrogen-bond donors (Lipinski definition) is 2. The third-order valence-corrected chi connectivity index (χ3v) is 17.9. The van der Waals surface area contributed by atoms with E-state index in [1.165, 1.54) is 36.3 Å². The van der Waals surface area contributed by atoms with Gasteiger partial charge in [0, 0.05) is 11.1 Å². The zero-order chi connectivity index (χ0) is 29.3. The van der Waals surface area contributed by atoms with Gasteiger partial charge in [-0.2, -0.15) is 0 Å². The van der Waals surface area contributed by atoms with Gasteiger partial charge in [0.15, 0.2) is 0 Å². The number of benzene rings is 1. The highest BCUT2D eigenvalue weighted by Gasteiger charge is 2.35. The third kappa shape index (κ3) is 11.6. The molecule has 0 amide bonds. The van der Waals surface area contributed by atoms with Crippen LogP contribution in [-0.4, -0.2) is 16.1 Å². The van der Waals surface area contributed by atoms with E-state index in [0.29, 0.717) is 46.9 Å². The Morgan fingerprint density at radius 3 is 0.868 bits per heavy atom. The first-order valence-electron chi connectivity index (χ1n) is 15.2. The van der Waals surface area contributed by atoms with Gasteiger partial charge in [-0.25, -0.2) is 0 Å². The van der Waals surface area contributed by atoms with Crippen LogP contribution in [0.25, 0.3) is 0 Å². The zero-order valence-corrected chi connectivity index (χ0v) is 29.0. The Labute approximate surface area is 239 Å². The summed E-state index contributed by atoms with van der Waals surface area (Å²) >= 11 is 0. The molecule has 0 aliphatic rings. The molecule has 0 aromatic heterocycles. The molecule has 0 bridgehead atoms. The fourth-order valence-corrected chi connectivity index (χ4v) is 18.5. The van der Waals surface area contributed by atoms with Gasteiger partial charge in [-0.1, -0.05) is 94.9 Å². The van der Waals surface area contributed by atoms with Crippen molar-refractivity contribution in [2.24, 2.45) is 35.5 Å². The van der Waals surface area contributed by atoms with E-state index in [1.54, 1.807) is 0 Å². The van der Waals surface area contributed by atoms with Crippen LogP contribution in [0.15, 0.2) is 12.1 Å². The first-order chi connectivity index (χ1) is 17.5. The lowest BCUT2D eigenvalue weighted by atomic mass is 10.1. The molecular weight excluding hydrogens is 493 g/mol. The van der Waals surface area contributed by atoms with Gasteiger partial charge in [0.25, 0.3) is 0 Å². The van der Waals surface area contributed by atoms with Crippen molar-refractivity contribution in [2.75, 3.05) is 11.5 Å². The highest BCUT2D eigenvalue weighted by molar-refractivity contribution is 6.88. The Kier molecular flexibility index (Phi) is 13.8. The van der Waals surface area contributed by atoms with E-state index in [1.807, 2.05) is 0 Å². The molecule has 0 radical (unpaired) electrons. The Morgan fingerprint density at radius 2 is 0.684 bits per heavy atom. The highest BCUT2D eigenvalue weighted by Crippen LogP contribution is 2.34. The average molecular weight is 553 g/mol. The summed E-state index contributed by atoms with van der Waals surface area (Å²) in [7, 11) is -3.58. The lowest BCUT2D eigenvalue weighted by Crippen LogP contribution is -2.37. The fourth-order valence-electron chi connectivity index (χ4n) is 6.75. The summed E-state index contributed by atoms with van der Waals surface area (Å²) < 4.78 is 0. The van der Waals surface area contributed by atoms with Crippen molar-refractivity contribution in [2.45, 2.75) is 119 Å². The molecule has 1 aromatic rings. The molecular formula is C34H60N2Si2. The second-order valence-corrected chi connectivity index (χ2v) is 22.7. The van der Waals surface area contributed by atoms with Gasteiger partial charge in [-0.05, 0) is 83.9 Å². The van der Waals surface area contributed by atoms with E-state index in [9.17, 15) is 0 Å². The van der Waals surface area contributed by atoms with Gasteiger partial charge < -0.3 is 11.5 Å². The van der Waals surface area contributed by atoms with Crippen molar-refractivity contribution < 1.29 is 0 Å². The summed E-state index contributed by atoms with van der Waals surface area (Å²) in [5.74, 6) is 11.0. The van der Waals surface area contributed by atoms with Crippen molar-refractivity contribution in [1.29, 1.82) is 0 Å². The molecule has 0 aliphatic heterocycles. The predicted octanol–water partition coefficient (Wildman–Crippen LogP) is 9.47. The van der Waals surface area contributed by atoms with Crippen LogP contribution in [0.4, 0.5) is 11.4 Å². The summed E-state index contributed by atoms with van der Waals surface area (Å²) in [6.45, 7) is 28.1. The Balaban J connectivity index is 3.55. The molecule has 0 unspecified atom stereocenters. The van der Waals surface area contributed by atoms with E-state index in [-0.39, 0.29) is 0 Å². The van der Waals surface area contributed by atoms with E-state index >= 15 is 0 Å². The maximum atomic E-state index is 6.63. The molecule has 0 fully saturated rings. The van der Waals surface area contributed by atoms with E-state index in [2.05, 4.69) is 118 Å². The van der Waals surface area contributed by atoms with Crippen LogP contribution in [0.5, 0.6) is 0 Å². The quantitative estimate of drug-likeness (QED) is 0.154. The van der Waals surface area contributed by atoms with E-state index in [0.717, 1.165) is 11.1 Å². The van der Waals surface area contributed by atoms with Crippen molar-refractivity contribution in [1.82, 2.24) is 0 Å². The molecule has 0 heterocycles. The summed E-state index contributed by atoms with van der Waals surface area (Å²) in [5, 5.41) is 0. The first-order valence-corrected chi connectivity index (χ1v) is 20.5. The minimum Gasteiger partial charge on any atom is -0.396 e. The number of hydrogen-bond acceptors (Lipinski definition) is 2. The Morgan fingerprint density at radius 1 is 0.474 bits per heavy atom. The number of nitrogens with two attached hydrogens (primary N) is 2. The lowest BCUT2D eigenvalue weighted by molar-refractivity contribution is 0.650. The van der Waals surface area contributed by atoms with Gasteiger partial charge in [-0.3, -0.25) is 0 Å². The third-order valence-electron chi connectivity index (χ3n) is 7.01. The minimum atomic E-state index is -1.79. The van der Waals surface area contributed by atoms with Crippen molar-refractivity contribution in [3.8, 4) is 22.9 Å². The molecule has 2 nitrogen and oxygen atoms in total. The summed E-state index contributed by atoms with van der Waals surface area (Å²) in [6, 6.07) is 11.6. The lowest BCUT2D eigenvalue weighted by Gasteiger charge is -2.31. The SMILES string of the molecule is CC(C)C[Si](C#Cc1ccc(C#C[Si](CC(C)C)(CC(C)C)CC(C)C)c(N)c1N)(CC(C)C)CC(C)C. The van der Waals surface area contributed by atoms with Gasteiger partial charge in [0.1, 0.15) is 16.1 Å². The van der Waals surface area contributed by atoms with E-state index in [4.69, 9.17) is 11.5 Å². The van der Waals surface area contributed by atoms with Crippen molar-refractivity contribution in [3.63, 3.8) is 0 Å². The highest BCUT2D eigenvalue weighted by atomic mass is 28.3. The van der Waals surface area contributed by atoms with Crippen LogP contribution < -0.4 is 11.5 Å². The molecule has 1 aromatic carbocycles. The number of nitrogen functional groups attached to an aromatic ring is 2. The molecule has 4 heteroatoms. The fraction of sp³-hybridized carbons (Fsp3) is 0.706. The van der Waals surface area contributed by atoms with Crippen molar-refractivity contribution >= 4 is 27.5 Å². The minimum absolute atomic E-state index is 0.606. The summed E-state index contributed by atoms with van der Waals surface area (Å²) in [6.07, 6.45) is 0. The van der Waals surface area contributed by atoms with Gasteiger partial charge in [0.2, 0.25) is 0 Å². The van der Waals surface area contributed by atoms with Crippen LogP contribution in [-0.2, 0) is 0 Å². The molecule has 0 spiro atoms. The average Bonchev–Trinajstić information content (AvgIpc) is 2.71. The normalized spacial score (nSPS) is 12.5. The summed E-state index contributed by atoms with van der Waals surface area (Å²) in [4.78, 5) is 0. The maximum Gasteiger partial charge on any atom is 0.139 e. The molecule has 0 saturated heterocycles. The smallest absolute Gasteiger partial charge is 0.139 e. The Bertz CT molecular complexity index is 863. The van der Waals surface area contributed by atoms with Gasteiger partial charge >= 0.3 is 0 Å². The first kappa shape index (κ1) is 34.4. The largest absolute Gasteiger partial charge is 0.396 e. The molecule has 1 rings (SSSR count). The maximum absolute atomic E-state index is 6.63. The predicted molar refractivity (Wildman–Crippen MR) is 178 cm³/mol. The van der Waals surface area contributed by atoms with Crippen LogP contribution >= 0.6 is 0 Å². The van der Waals surface area contributed by atoms with Crippen molar-refractivity contribution in [3.05, 3.63) is 23.3 Å². The molecule has 4 N–H and O–H groups in total. The van der Waals surface area contributed by atoms with Crippen LogP contribution in [0.1, 0.15) is 94.2 Å². The standard InChI is InChI=1S/C34H60N2Si2/c1-25(2)19-37(20-26(3)4,21-27(5)6)17-15-31-13-14-32(34(36)33(31)35)16-18-38(22-28(7)8,23-29(9)10)24-30(11)12/h13-14,25-30H,19-24,35-36H2,1-12H3. The summed E-state index contributed by atoms with van der Waals surface area (Å²) in [5.41, 5.74) is 24.0. The molecule has 0 saturated carbocycles. The molecule has 38 heavy (non-hydrogen) atoms. The van der Waals surface area contributed by atoms with Gasteiger partial charge in [-0.15, -0.1) is 11.1 Å². The van der Waals surface area contributed by atoms with Gasteiger partial charge in [0.05, 0.1) is 11.4 Å². The zero-order valence-electron chi connectivity index (χ0n) is 27.0. The second-order valence-electron chi connectivity index (χ2n) is 14.6. The monoisotopic (exact) mass is 552 g/mol. The Hall–Kier alpha value is -1.63.